The molecule has 1 aromatic carbocycles. The molecule has 1 nitrogen and oxygen atoms in total. The van der Waals surface area contributed by atoms with E-state index in [1.54, 1.807) is 19.0 Å². The highest BCUT2D eigenvalue weighted by atomic mass is 19.4. The molecule has 0 aliphatic rings. The minimum Gasteiger partial charge on any atom is -0.445 e. The Morgan fingerprint density at radius 2 is 1.80 bits per heavy atom. The Morgan fingerprint density at radius 1 is 1.20 bits per heavy atom. The number of nitrogens with zero attached hydrogens (tertiary/aromatic N) is 1. The van der Waals surface area contributed by atoms with Crippen LogP contribution < -0.4 is 5.46 Å². The Morgan fingerprint density at radius 3 is 2.27 bits per heavy atom. The van der Waals surface area contributed by atoms with E-state index in [1.807, 2.05) is 0 Å². The van der Waals surface area contributed by atoms with E-state index in [-0.39, 0.29) is 12.1 Å². The van der Waals surface area contributed by atoms with Gasteiger partial charge in [0.05, 0.1) is 0 Å². The number of hydrogen-bond acceptors (Lipinski definition) is 1. The van der Waals surface area contributed by atoms with Crippen LogP contribution in [-0.2, 0) is 6.54 Å². The SMILES string of the molecule is CN(C)Cc1cc([B-](F)(F)F)ccc1F. The number of benzene rings is 1. The van der Waals surface area contributed by atoms with Crippen LogP contribution in [-0.4, -0.2) is 26.0 Å². The van der Waals surface area contributed by atoms with E-state index in [0.717, 1.165) is 18.2 Å². The van der Waals surface area contributed by atoms with Gasteiger partial charge in [-0.1, -0.05) is 12.1 Å². The lowest BCUT2D eigenvalue weighted by molar-refractivity contribution is 0.392. The Labute approximate surface area is 85.8 Å². The van der Waals surface area contributed by atoms with Gasteiger partial charge in [-0.25, -0.2) is 4.39 Å². The fourth-order valence-electron chi connectivity index (χ4n) is 1.26. The summed E-state index contributed by atoms with van der Waals surface area (Å²) in [6.45, 7) is -4.89. The highest BCUT2D eigenvalue weighted by Gasteiger charge is 2.26. The fourth-order valence-corrected chi connectivity index (χ4v) is 1.26. The molecule has 0 spiro atoms. The molecule has 0 fully saturated rings. The van der Waals surface area contributed by atoms with Gasteiger partial charge in [0, 0.05) is 6.54 Å². The van der Waals surface area contributed by atoms with E-state index in [4.69, 9.17) is 0 Å². The molecule has 1 rings (SSSR count). The van der Waals surface area contributed by atoms with Crippen molar-refractivity contribution in [2.75, 3.05) is 14.1 Å². The summed E-state index contributed by atoms with van der Waals surface area (Å²) >= 11 is 0. The summed E-state index contributed by atoms with van der Waals surface area (Å²) in [5.41, 5.74) is -0.690. The lowest BCUT2D eigenvalue weighted by Gasteiger charge is -2.17. The normalized spacial score (nSPS) is 12.2. The van der Waals surface area contributed by atoms with Crippen molar-refractivity contribution in [1.29, 1.82) is 0 Å². The van der Waals surface area contributed by atoms with Crippen LogP contribution in [0.25, 0.3) is 0 Å². The molecular weight excluding hydrogens is 209 g/mol. The standard InChI is InChI=1S/C9H11BF4N/c1-15(2)6-7-5-8(10(12,13)14)3-4-9(7)11/h3-5H,6H2,1-2H3/q-1. The summed E-state index contributed by atoms with van der Waals surface area (Å²) < 4.78 is 50.2. The molecule has 0 bridgehead atoms. The van der Waals surface area contributed by atoms with Gasteiger partial charge in [-0.15, -0.1) is 5.46 Å². The summed E-state index contributed by atoms with van der Waals surface area (Å²) in [6.07, 6.45) is 0. The summed E-state index contributed by atoms with van der Waals surface area (Å²) in [4.78, 5) is 1.62. The predicted octanol–water partition coefficient (Wildman–Crippen LogP) is 1.94. The Hall–Kier alpha value is -1.04. The molecule has 0 unspecified atom stereocenters. The van der Waals surface area contributed by atoms with Gasteiger partial charge in [0.1, 0.15) is 5.82 Å². The molecule has 0 N–H and O–H groups in total. The maximum atomic E-state index is 13.1. The molecule has 84 valence electrons. The third-order valence-electron chi connectivity index (χ3n) is 1.93. The lowest BCUT2D eigenvalue weighted by atomic mass is 9.79. The van der Waals surface area contributed by atoms with Crippen LogP contribution in [0.2, 0.25) is 0 Å². The first-order chi connectivity index (χ1) is 6.80. The molecule has 0 aromatic heterocycles. The second-order valence-corrected chi connectivity index (χ2v) is 3.66. The van der Waals surface area contributed by atoms with Gasteiger partial charge >= 0.3 is 6.98 Å². The maximum absolute atomic E-state index is 13.1. The van der Waals surface area contributed by atoms with Crippen molar-refractivity contribution in [2.45, 2.75) is 6.54 Å². The Bertz CT molecular complexity index is 348. The van der Waals surface area contributed by atoms with Crippen LogP contribution in [0.3, 0.4) is 0 Å². The van der Waals surface area contributed by atoms with E-state index in [9.17, 15) is 17.3 Å². The monoisotopic (exact) mass is 220 g/mol. The molecule has 15 heavy (non-hydrogen) atoms. The molecule has 0 radical (unpaired) electrons. The van der Waals surface area contributed by atoms with Crippen molar-refractivity contribution < 1.29 is 17.3 Å². The van der Waals surface area contributed by atoms with Crippen LogP contribution in [0.15, 0.2) is 18.2 Å². The van der Waals surface area contributed by atoms with Crippen LogP contribution in [0, 0.1) is 5.82 Å². The van der Waals surface area contributed by atoms with Gasteiger partial charge < -0.3 is 17.8 Å². The van der Waals surface area contributed by atoms with Crippen LogP contribution in [0.5, 0.6) is 0 Å². The first-order valence-electron chi connectivity index (χ1n) is 4.43. The average Bonchev–Trinajstić information content (AvgIpc) is 2.06. The van der Waals surface area contributed by atoms with Crippen molar-refractivity contribution in [1.82, 2.24) is 4.90 Å². The van der Waals surface area contributed by atoms with Crippen LogP contribution in [0.1, 0.15) is 5.56 Å². The van der Waals surface area contributed by atoms with Gasteiger partial charge in [0.2, 0.25) is 0 Å². The van der Waals surface area contributed by atoms with Crippen LogP contribution >= 0.6 is 0 Å². The van der Waals surface area contributed by atoms with Crippen molar-refractivity contribution >= 4 is 12.4 Å². The first-order valence-corrected chi connectivity index (χ1v) is 4.43. The summed E-state index contributed by atoms with van der Waals surface area (Å²) in [7, 11) is 3.34. The van der Waals surface area contributed by atoms with Crippen molar-refractivity contribution in [3.05, 3.63) is 29.6 Å². The lowest BCUT2D eigenvalue weighted by Crippen LogP contribution is -2.34. The Kier molecular flexibility index (Phi) is 3.39. The zero-order valence-corrected chi connectivity index (χ0v) is 8.48. The van der Waals surface area contributed by atoms with Gasteiger partial charge in [0.25, 0.3) is 0 Å². The molecule has 0 saturated carbocycles. The van der Waals surface area contributed by atoms with Crippen molar-refractivity contribution in [2.24, 2.45) is 0 Å². The molecule has 0 aliphatic heterocycles. The van der Waals surface area contributed by atoms with E-state index in [1.165, 1.54) is 0 Å². The van der Waals surface area contributed by atoms with Gasteiger partial charge in [-0.05, 0) is 25.7 Å². The van der Waals surface area contributed by atoms with Crippen molar-refractivity contribution in [3.8, 4) is 0 Å². The molecule has 0 amide bonds. The maximum Gasteiger partial charge on any atom is 0.509 e. The highest BCUT2D eigenvalue weighted by molar-refractivity contribution is 6.73. The average molecular weight is 220 g/mol. The zero-order chi connectivity index (χ0) is 11.6. The third kappa shape index (κ3) is 3.23. The topological polar surface area (TPSA) is 3.24 Å². The van der Waals surface area contributed by atoms with Gasteiger partial charge in [-0.2, -0.15) is 0 Å². The number of rotatable bonds is 3. The smallest absolute Gasteiger partial charge is 0.445 e. The first kappa shape index (κ1) is 12.0. The predicted molar refractivity (Wildman–Crippen MR) is 52.5 cm³/mol. The molecule has 0 atom stereocenters. The van der Waals surface area contributed by atoms with Crippen LogP contribution in [0.4, 0.5) is 17.3 Å². The number of halogens is 4. The summed E-state index contributed by atoms with van der Waals surface area (Å²) in [6, 6.07) is 2.51. The third-order valence-corrected chi connectivity index (χ3v) is 1.93. The highest BCUT2D eigenvalue weighted by Crippen LogP contribution is 2.13. The molecule has 6 heteroatoms. The molecule has 0 heterocycles. The second-order valence-electron chi connectivity index (χ2n) is 3.66. The van der Waals surface area contributed by atoms with E-state index < -0.39 is 18.3 Å². The summed E-state index contributed by atoms with van der Waals surface area (Å²) in [5, 5.41) is 0. The van der Waals surface area contributed by atoms with E-state index in [0.29, 0.717) is 0 Å². The zero-order valence-electron chi connectivity index (χ0n) is 8.48. The molecule has 0 saturated heterocycles. The molecular formula is C9H11BF4N-. The van der Waals surface area contributed by atoms with Gasteiger partial charge in [0.15, 0.2) is 0 Å². The Balaban J connectivity index is 3.06. The molecule has 0 aliphatic carbocycles. The quantitative estimate of drug-likeness (QED) is 0.555. The molecule has 1 aromatic rings. The summed E-state index contributed by atoms with van der Waals surface area (Å²) in [5.74, 6) is -0.604. The van der Waals surface area contributed by atoms with E-state index in [2.05, 4.69) is 0 Å². The van der Waals surface area contributed by atoms with Crippen molar-refractivity contribution in [3.63, 3.8) is 0 Å². The van der Waals surface area contributed by atoms with Gasteiger partial charge in [-0.3, -0.25) is 0 Å². The fraction of sp³-hybridized carbons (Fsp3) is 0.333. The van der Waals surface area contributed by atoms with E-state index >= 15 is 0 Å². The second kappa shape index (κ2) is 4.22. The largest absolute Gasteiger partial charge is 0.509 e. The minimum absolute atomic E-state index is 0.0664. The number of hydrogen-bond donors (Lipinski definition) is 0. The minimum atomic E-state index is -5.05.